The number of nitrogens with zero attached hydrogens (tertiary/aromatic N) is 2. The maximum atomic E-state index is 13.9. The Balaban J connectivity index is 1.43. The average Bonchev–Trinajstić information content (AvgIpc) is 3.44. The number of thiophene rings is 1. The molecule has 0 saturated heterocycles. The lowest BCUT2D eigenvalue weighted by Gasteiger charge is -2.33. The number of carbonyl (C=O) groups is 2. The highest BCUT2D eigenvalue weighted by atomic mass is 32.1. The Morgan fingerprint density at radius 2 is 1.65 bits per heavy atom. The van der Waals surface area contributed by atoms with Crippen LogP contribution < -0.4 is 10.2 Å². The molecule has 6 rings (SSSR count). The minimum atomic E-state index is -0.169. The zero-order valence-electron chi connectivity index (χ0n) is 23.1. The molecule has 1 unspecified atom stereocenters. The molecule has 1 N–H and O–H groups in total. The van der Waals surface area contributed by atoms with Crippen LogP contribution in [0.3, 0.4) is 0 Å². The highest BCUT2D eigenvalue weighted by molar-refractivity contribution is 7.16. The van der Waals surface area contributed by atoms with Crippen molar-refractivity contribution in [3.8, 4) is 0 Å². The van der Waals surface area contributed by atoms with Crippen molar-refractivity contribution in [1.29, 1.82) is 0 Å². The summed E-state index contributed by atoms with van der Waals surface area (Å²) >= 11 is 1.57. The van der Waals surface area contributed by atoms with Gasteiger partial charge in [-0.05, 0) is 59.9 Å². The zero-order valence-corrected chi connectivity index (χ0v) is 23.9. The number of fused-ring (bicyclic) bond motifs is 2. The largest absolute Gasteiger partial charge is 0.322 e. The molecule has 202 valence electrons. The van der Waals surface area contributed by atoms with Gasteiger partial charge in [0.25, 0.3) is 11.8 Å². The number of amides is 2. The molecule has 1 atom stereocenters. The van der Waals surface area contributed by atoms with Crippen LogP contribution in [0.5, 0.6) is 0 Å². The van der Waals surface area contributed by atoms with Gasteiger partial charge in [0.05, 0.1) is 17.8 Å². The van der Waals surface area contributed by atoms with Crippen molar-refractivity contribution in [2.75, 3.05) is 10.2 Å². The lowest BCUT2D eigenvalue weighted by molar-refractivity contribution is -0.112. The van der Waals surface area contributed by atoms with E-state index in [4.69, 9.17) is 4.99 Å². The highest BCUT2D eigenvalue weighted by Gasteiger charge is 2.37. The Kier molecular flexibility index (Phi) is 6.88. The predicted molar refractivity (Wildman–Crippen MR) is 164 cm³/mol. The smallest absolute Gasteiger partial charge is 0.277 e. The Morgan fingerprint density at radius 3 is 2.38 bits per heavy atom. The number of hydrogen-bond acceptors (Lipinski definition) is 4. The minimum Gasteiger partial charge on any atom is -0.322 e. The summed E-state index contributed by atoms with van der Waals surface area (Å²) in [4.78, 5) is 35.7. The summed E-state index contributed by atoms with van der Waals surface area (Å²) < 4.78 is 0. The average molecular weight is 548 g/mol. The van der Waals surface area contributed by atoms with E-state index >= 15 is 0 Å². The van der Waals surface area contributed by atoms with E-state index in [1.54, 1.807) is 16.2 Å². The highest BCUT2D eigenvalue weighted by Crippen LogP contribution is 2.46. The van der Waals surface area contributed by atoms with Crippen LogP contribution in [0, 0.1) is 11.3 Å². The summed E-state index contributed by atoms with van der Waals surface area (Å²) in [6.45, 7) is 7.33. The summed E-state index contributed by atoms with van der Waals surface area (Å²) in [7, 11) is 0. The van der Waals surface area contributed by atoms with Crippen molar-refractivity contribution in [2.45, 2.75) is 46.6 Å². The van der Waals surface area contributed by atoms with Crippen LogP contribution in [0.25, 0.3) is 0 Å². The summed E-state index contributed by atoms with van der Waals surface area (Å²) in [5.41, 5.74) is 5.70. The van der Waals surface area contributed by atoms with Crippen LogP contribution in [0.2, 0.25) is 0 Å². The van der Waals surface area contributed by atoms with E-state index in [1.165, 1.54) is 4.88 Å². The molecule has 6 heteroatoms. The number of hydrogen-bond donors (Lipinski definition) is 1. The second kappa shape index (κ2) is 10.5. The van der Waals surface area contributed by atoms with Gasteiger partial charge in [-0.3, -0.25) is 9.59 Å². The SMILES string of the molecule is CC(C)(C)C1CCc2c(sc(/N=C3/C(=O)N(Cc4ccccc4)c4ccccc43)c2C(=O)Nc2ccccc2)C1. The van der Waals surface area contributed by atoms with Gasteiger partial charge < -0.3 is 10.2 Å². The maximum Gasteiger partial charge on any atom is 0.277 e. The van der Waals surface area contributed by atoms with Gasteiger partial charge in [0.15, 0.2) is 0 Å². The number of carbonyl (C=O) groups excluding carboxylic acids is 2. The van der Waals surface area contributed by atoms with E-state index in [9.17, 15) is 9.59 Å². The third kappa shape index (κ3) is 5.00. The molecule has 0 saturated carbocycles. The molecule has 1 aliphatic carbocycles. The van der Waals surface area contributed by atoms with E-state index in [0.29, 0.717) is 28.7 Å². The molecular formula is C34H33N3O2S. The van der Waals surface area contributed by atoms with Crippen LogP contribution in [-0.4, -0.2) is 17.5 Å². The van der Waals surface area contributed by atoms with E-state index in [1.807, 2.05) is 84.9 Å². The molecule has 0 radical (unpaired) electrons. The van der Waals surface area contributed by atoms with Crippen LogP contribution in [-0.2, 0) is 24.2 Å². The molecular weight excluding hydrogens is 514 g/mol. The summed E-state index contributed by atoms with van der Waals surface area (Å²) in [6.07, 6.45) is 2.78. The van der Waals surface area contributed by atoms with Crippen LogP contribution in [0.1, 0.15) is 59.1 Å². The van der Waals surface area contributed by atoms with Crippen molar-refractivity contribution >= 4 is 45.2 Å². The molecule has 0 bridgehead atoms. The third-order valence-electron chi connectivity index (χ3n) is 8.02. The van der Waals surface area contributed by atoms with E-state index in [2.05, 4.69) is 26.1 Å². The molecule has 0 fully saturated rings. The van der Waals surface area contributed by atoms with Crippen molar-refractivity contribution in [1.82, 2.24) is 0 Å². The van der Waals surface area contributed by atoms with Crippen molar-refractivity contribution in [2.24, 2.45) is 16.3 Å². The number of anilines is 2. The lowest BCUT2D eigenvalue weighted by atomic mass is 9.72. The first-order valence-electron chi connectivity index (χ1n) is 13.8. The summed E-state index contributed by atoms with van der Waals surface area (Å²) in [6, 6.07) is 27.3. The minimum absolute atomic E-state index is 0.140. The van der Waals surface area contributed by atoms with Crippen LogP contribution in [0.15, 0.2) is 89.9 Å². The Labute approximate surface area is 239 Å². The van der Waals surface area contributed by atoms with Crippen LogP contribution >= 0.6 is 11.3 Å². The van der Waals surface area contributed by atoms with Crippen molar-refractivity contribution in [3.05, 3.63) is 112 Å². The topological polar surface area (TPSA) is 61.8 Å². The van der Waals surface area contributed by atoms with Gasteiger partial charge >= 0.3 is 0 Å². The van der Waals surface area contributed by atoms with Gasteiger partial charge in [-0.1, -0.05) is 87.5 Å². The molecule has 2 aliphatic rings. The molecule has 40 heavy (non-hydrogen) atoms. The molecule has 2 heterocycles. The Bertz CT molecular complexity index is 1600. The number of para-hydroxylation sites is 2. The Hall–Kier alpha value is -4.03. The second-order valence-electron chi connectivity index (χ2n) is 11.7. The Morgan fingerprint density at radius 1 is 0.975 bits per heavy atom. The predicted octanol–water partition coefficient (Wildman–Crippen LogP) is 7.82. The van der Waals surface area contributed by atoms with Gasteiger partial charge in [-0.15, -0.1) is 11.3 Å². The zero-order chi connectivity index (χ0) is 27.9. The van der Waals surface area contributed by atoms with Crippen molar-refractivity contribution in [3.63, 3.8) is 0 Å². The van der Waals surface area contributed by atoms with Gasteiger partial charge in [0.1, 0.15) is 10.7 Å². The number of nitrogens with one attached hydrogen (secondary N) is 1. The van der Waals surface area contributed by atoms with Crippen LogP contribution in [0.4, 0.5) is 16.4 Å². The molecule has 1 aromatic heterocycles. The summed E-state index contributed by atoms with van der Waals surface area (Å²) in [5, 5.41) is 3.69. The molecule has 4 aromatic rings. The molecule has 0 spiro atoms. The number of rotatable bonds is 5. The van der Waals surface area contributed by atoms with E-state index in [-0.39, 0.29) is 17.2 Å². The monoisotopic (exact) mass is 547 g/mol. The fourth-order valence-corrected chi connectivity index (χ4v) is 7.03. The fourth-order valence-electron chi connectivity index (χ4n) is 5.73. The molecule has 1 aliphatic heterocycles. The first-order chi connectivity index (χ1) is 19.3. The van der Waals surface area contributed by atoms with Gasteiger partial charge in [0, 0.05) is 16.1 Å². The molecule has 2 amide bonds. The molecule has 3 aromatic carbocycles. The molecule has 5 nitrogen and oxygen atoms in total. The first-order valence-corrected chi connectivity index (χ1v) is 14.7. The van der Waals surface area contributed by atoms with Gasteiger partial charge in [-0.25, -0.2) is 4.99 Å². The standard InChI is InChI=1S/C34H33N3O2S/c1-34(2,3)23-18-19-26-28(20-23)40-32(29(26)31(38)35-24-14-8-5-9-15-24)36-30-25-16-10-11-17-27(25)37(33(30)39)21-22-12-6-4-7-13-22/h4-17,23H,18-21H2,1-3H3,(H,35,38)/b36-30+. The van der Waals surface area contributed by atoms with E-state index in [0.717, 1.165) is 47.3 Å². The fraction of sp³-hybridized carbons (Fsp3) is 0.265. The van der Waals surface area contributed by atoms with Crippen molar-refractivity contribution < 1.29 is 9.59 Å². The number of benzene rings is 3. The quantitative estimate of drug-likeness (QED) is 0.277. The van der Waals surface area contributed by atoms with Gasteiger partial charge in [0.2, 0.25) is 0 Å². The van der Waals surface area contributed by atoms with E-state index < -0.39 is 0 Å². The third-order valence-corrected chi connectivity index (χ3v) is 9.17. The normalized spacial score (nSPS) is 17.6. The van der Waals surface area contributed by atoms with Gasteiger partial charge in [-0.2, -0.15) is 0 Å². The second-order valence-corrected chi connectivity index (χ2v) is 12.7. The lowest BCUT2D eigenvalue weighted by Crippen LogP contribution is -2.29. The first kappa shape index (κ1) is 26.2. The number of aliphatic imine (C=N–C) groups is 1. The summed E-state index contributed by atoms with van der Waals surface area (Å²) in [5.74, 6) is 0.218. The maximum absolute atomic E-state index is 13.9.